The molecule has 0 radical (unpaired) electrons. The third kappa shape index (κ3) is 4.59. The Morgan fingerprint density at radius 2 is 1.52 bits per heavy atom. The predicted molar refractivity (Wildman–Crippen MR) is 116 cm³/mol. The van der Waals surface area contributed by atoms with Gasteiger partial charge in [-0.1, -0.05) is 54.6 Å². The molecule has 0 fully saturated rings. The number of rotatable bonds is 5. The van der Waals surface area contributed by atoms with Gasteiger partial charge in [-0.25, -0.2) is 4.79 Å². The van der Waals surface area contributed by atoms with Crippen molar-refractivity contribution in [2.75, 3.05) is 5.32 Å². The van der Waals surface area contributed by atoms with Gasteiger partial charge in [-0.05, 0) is 46.8 Å². The van der Waals surface area contributed by atoms with E-state index in [9.17, 15) is 9.59 Å². The highest BCUT2D eigenvalue weighted by Gasteiger charge is 2.11. The van der Waals surface area contributed by atoms with Crippen molar-refractivity contribution < 1.29 is 14.3 Å². The van der Waals surface area contributed by atoms with E-state index < -0.39 is 5.97 Å². The number of esters is 1. The average molecular weight is 399 g/mol. The fourth-order valence-corrected chi connectivity index (χ4v) is 3.45. The molecule has 0 aliphatic rings. The Hall–Kier alpha value is -3.70. The van der Waals surface area contributed by atoms with E-state index in [-0.39, 0.29) is 5.91 Å². The van der Waals surface area contributed by atoms with Crippen LogP contribution in [0.2, 0.25) is 0 Å². The predicted octanol–water partition coefficient (Wildman–Crippen LogP) is 5.89. The lowest BCUT2D eigenvalue weighted by Crippen LogP contribution is -2.11. The quantitative estimate of drug-likeness (QED) is 0.336. The Labute approximate surface area is 172 Å². The summed E-state index contributed by atoms with van der Waals surface area (Å²) in [7, 11) is 0. The van der Waals surface area contributed by atoms with Gasteiger partial charge >= 0.3 is 5.97 Å². The molecule has 0 saturated carbocycles. The molecular formula is C24H17NO3S. The number of ether oxygens (including phenoxy) is 1. The molecule has 0 unspecified atom stereocenters. The molecule has 4 rings (SSSR count). The third-order valence-electron chi connectivity index (χ3n) is 4.28. The zero-order valence-electron chi connectivity index (χ0n) is 15.4. The molecule has 0 aliphatic heterocycles. The molecule has 1 amide bonds. The van der Waals surface area contributed by atoms with Crippen LogP contribution in [0.1, 0.15) is 20.0 Å². The molecule has 0 saturated heterocycles. The Kier molecular flexibility index (Phi) is 5.49. The summed E-state index contributed by atoms with van der Waals surface area (Å²) in [6.07, 6.45) is 0. The van der Waals surface area contributed by atoms with E-state index in [0.717, 1.165) is 11.1 Å². The minimum atomic E-state index is -0.452. The van der Waals surface area contributed by atoms with Crippen molar-refractivity contribution in [1.29, 1.82) is 0 Å². The average Bonchev–Trinajstić information content (AvgIpc) is 3.30. The van der Waals surface area contributed by atoms with Crippen LogP contribution >= 0.6 is 11.3 Å². The molecule has 3 aromatic carbocycles. The zero-order valence-corrected chi connectivity index (χ0v) is 16.2. The number of carbonyl (C=O) groups excluding carboxylic acids is 2. The second-order valence-corrected chi connectivity index (χ2v) is 7.24. The lowest BCUT2D eigenvalue weighted by atomic mass is 10.0. The van der Waals surface area contributed by atoms with Crippen molar-refractivity contribution in [2.45, 2.75) is 0 Å². The summed E-state index contributed by atoms with van der Waals surface area (Å²) in [6.45, 7) is 0. The molecule has 0 aliphatic carbocycles. The van der Waals surface area contributed by atoms with Gasteiger partial charge in [0.1, 0.15) is 5.75 Å². The van der Waals surface area contributed by atoms with Gasteiger partial charge in [0.25, 0.3) is 5.91 Å². The van der Waals surface area contributed by atoms with Gasteiger partial charge in [0, 0.05) is 11.8 Å². The van der Waals surface area contributed by atoms with Crippen LogP contribution in [-0.4, -0.2) is 11.9 Å². The van der Waals surface area contributed by atoms with E-state index in [2.05, 4.69) is 5.32 Å². The summed E-state index contributed by atoms with van der Waals surface area (Å²) < 4.78 is 5.47. The Bertz CT molecular complexity index is 1120. The second-order valence-electron chi connectivity index (χ2n) is 6.29. The fourth-order valence-electron chi connectivity index (χ4n) is 2.83. The summed E-state index contributed by atoms with van der Waals surface area (Å²) in [5.41, 5.74) is 3.13. The molecule has 1 N–H and O–H groups in total. The van der Waals surface area contributed by atoms with E-state index in [1.807, 2.05) is 53.9 Å². The molecule has 1 heterocycles. The van der Waals surface area contributed by atoms with Gasteiger partial charge in [0.05, 0.1) is 10.4 Å². The first-order chi connectivity index (χ1) is 14.2. The number of amides is 1. The standard InChI is InChI=1S/C24H17NO3S/c26-23(22-10-5-15-29-22)25-20-8-4-9-21(16-20)28-24(27)19-13-11-18(12-14-19)17-6-2-1-3-7-17/h1-16H,(H,25,26). The third-order valence-corrected chi connectivity index (χ3v) is 5.14. The molecule has 0 spiro atoms. The van der Waals surface area contributed by atoms with E-state index in [0.29, 0.717) is 21.9 Å². The van der Waals surface area contributed by atoms with Crippen molar-refractivity contribution in [3.63, 3.8) is 0 Å². The highest BCUT2D eigenvalue weighted by atomic mass is 32.1. The van der Waals surface area contributed by atoms with Gasteiger partial charge in [-0.2, -0.15) is 0 Å². The van der Waals surface area contributed by atoms with E-state index in [1.165, 1.54) is 11.3 Å². The normalized spacial score (nSPS) is 10.3. The summed E-state index contributed by atoms with van der Waals surface area (Å²) in [6, 6.07) is 27.6. The van der Waals surface area contributed by atoms with E-state index >= 15 is 0 Å². The molecule has 0 bridgehead atoms. The lowest BCUT2D eigenvalue weighted by molar-refractivity contribution is 0.0735. The molecular weight excluding hydrogens is 382 g/mol. The van der Waals surface area contributed by atoms with E-state index in [1.54, 1.807) is 42.5 Å². The van der Waals surface area contributed by atoms with Crippen LogP contribution in [0.15, 0.2) is 96.4 Å². The summed E-state index contributed by atoms with van der Waals surface area (Å²) in [5.74, 6) is -0.280. The van der Waals surface area contributed by atoms with Crippen molar-refractivity contribution >= 4 is 28.9 Å². The summed E-state index contributed by atoms with van der Waals surface area (Å²) in [4.78, 5) is 25.3. The lowest BCUT2D eigenvalue weighted by Gasteiger charge is -2.08. The molecule has 1 aromatic heterocycles. The van der Waals surface area contributed by atoms with E-state index in [4.69, 9.17) is 4.74 Å². The summed E-state index contributed by atoms with van der Waals surface area (Å²) in [5, 5.41) is 4.65. The number of hydrogen-bond donors (Lipinski definition) is 1. The van der Waals surface area contributed by atoms with Gasteiger partial charge in [0.2, 0.25) is 0 Å². The van der Waals surface area contributed by atoms with Crippen LogP contribution in [0.25, 0.3) is 11.1 Å². The topological polar surface area (TPSA) is 55.4 Å². The number of carbonyl (C=O) groups is 2. The minimum absolute atomic E-state index is 0.194. The first kappa shape index (κ1) is 18.7. The maximum Gasteiger partial charge on any atom is 0.343 e. The van der Waals surface area contributed by atoms with Crippen molar-refractivity contribution in [2.24, 2.45) is 0 Å². The number of nitrogens with one attached hydrogen (secondary N) is 1. The summed E-state index contributed by atoms with van der Waals surface area (Å²) >= 11 is 1.36. The zero-order chi connectivity index (χ0) is 20.1. The number of anilines is 1. The molecule has 0 atom stereocenters. The maximum absolute atomic E-state index is 12.5. The number of benzene rings is 3. The van der Waals surface area contributed by atoms with Crippen molar-refractivity contribution in [3.05, 3.63) is 107 Å². The van der Waals surface area contributed by atoms with Crippen LogP contribution in [0.4, 0.5) is 5.69 Å². The SMILES string of the molecule is O=C(Oc1cccc(NC(=O)c2cccs2)c1)c1ccc(-c2ccccc2)cc1. The Balaban J connectivity index is 1.44. The van der Waals surface area contributed by atoms with Crippen molar-refractivity contribution in [1.82, 2.24) is 0 Å². The van der Waals surface area contributed by atoms with Crippen LogP contribution < -0.4 is 10.1 Å². The first-order valence-corrected chi connectivity index (χ1v) is 9.89. The maximum atomic E-state index is 12.5. The van der Waals surface area contributed by atoms with Crippen LogP contribution in [0.5, 0.6) is 5.75 Å². The highest BCUT2D eigenvalue weighted by Crippen LogP contribution is 2.22. The smallest absolute Gasteiger partial charge is 0.343 e. The largest absolute Gasteiger partial charge is 0.423 e. The first-order valence-electron chi connectivity index (χ1n) is 9.02. The second kappa shape index (κ2) is 8.54. The van der Waals surface area contributed by atoms with Crippen LogP contribution in [-0.2, 0) is 0 Å². The van der Waals surface area contributed by atoms with Crippen LogP contribution in [0, 0.1) is 0 Å². The molecule has 4 nitrogen and oxygen atoms in total. The Morgan fingerprint density at radius 3 is 2.24 bits per heavy atom. The number of hydrogen-bond acceptors (Lipinski definition) is 4. The van der Waals surface area contributed by atoms with Gasteiger partial charge < -0.3 is 10.1 Å². The van der Waals surface area contributed by atoms with Gasteiger partial charge in [0.15, 0.2) is 0 Å². The molecule has 5 heteroatoms. The van der Waals surface area contributed by atoms with Gasteiger partial charge in [-0.3, -0.25) is 4.79 Å². The monoisotopic (exact) mass is 399 g/mol. The molecule has 142 valence electrons. The fraction of sp³-hybridized carbons (Fsp3) is 0. The number of thiophene rings is 1. The molecule has 4 aromatic rings. The van der Waals surface area contributed by atoms with Gasteiger partial charge in [-0.15, -0.1) is 11.3 Å². The molecule has 29 heavy (non-hydrogen) atoms. The minimum Gasteiger partial charge on any atom is -0.423 e. The van der Waals surface area contributed by atoms with Crippen LogP contribution in [0.3, 0.4) is 0 Å². The Morgan fingerprint density at radius 1 is 0.759 bits per heavy atom. The van der Waals surface area contributed by atoms with Crippen molar-refractivity contribution in [3.8, 4) is 16.9 Å². The highest BCUT2D eigenvalue weighted by molar-refractivity contribution is 7.12.